The second kappa shape index (κ2) is 8.25. The molecule has 89 valence electrons. The standard InChI is InChI=1S/C13H20NO2/c15-7-3-1-5-12-9-13(11-14-10-12)6-2-4-8-16/h9-10,15-16H,1-8H2. The number of unbranched alkanes of at least 4 members (excludes halogenated alkanes) is 2. The van der Waals surface area contributed by atoms with E-state index in [2.05, 4.69) is 17.2 Å². The third-order valence-corrected chi connectivity index (χ3v) is 2.53. The first kappa shape index (κ1) is 13.1. The lowest BCUT2D eigenvalue weighted by atomic mass is 10.1. The van der Waals surface area contributed by atoms with Gasteiger partial charge in [-0.25, -0.2) is 0 Å². The number of aliphatic hydroxyl groups excluding tert-OH is 2. The van der Waals surface area contributed by atoms with Gasteiger partial charge in [-0.3, -0.25) is 4.98 Å². The summed E-state index contributed by atoms with van der Waals surface area (Å²) in [5, 5.41) is 17.4. The molecule has 0 bridgehead atoms. The van der Waals surface area contributed by atoms with Crippen molar-refractivity contribution in [1.82, 2.24) is 4.98 Å². The zero-order valence-electron chi connectivity index (χ0n) is 9.65. The van der Waals surface area contributed by atoms with E-state index in [1.807, 2.05) is 6.20 Å². The van der Waals surface area contributed by atoms with Crippen molar-refractivity contribution in [1.29, 1.82) is 0 Å². The molecule has 0 aliphatic heterocycles. The molecule has 0 spiro atoms. The van der Waals surface area contributed by atoms with Gasteiger partial charge in [0.05, 0.1) is 6.20 Å². The average Bonchev–Trinajstić information content (AvgIpc) is 2.30. The van der Waals surface area contributed by atoms with Crippen LogP contribution in [0.3, 0.4) is 0 Å². The van der Waals surface area contributed by atoms with E-state index in [0.29, 0.717) is 0 Å². The molecule has 2 N–H and O–H groups in total. The van der Waals surface area contributed by atoms with Crippen molar-refractivity contribution in [2.45, 2.75) is 38.5 Å². The Morgan fingerprint density at radius 2 is 1.69 bits per heavy atom. The van der Waals surface area contributed by atoms with Crippen LogP contribution in [0.1, 0.15) is 36.8 Å². The Morgan fingerprint density at radius 3 is 2.38 bits per heavy atom. The van der Waals surface area contributed by atoms with Gasteiger partial charge in [0.15, 0.2) is 0 Å². The van der Waals surface area contributed by atoms with Crippen molar-refractivity contribution in [3.8, 4) is 0 Å². The Bertz CT molecular complexity index is 264. The molecule has 0 aliphatic rings. The molecule has 16 heavy (non-hydrogen) atoms. The van der Waals surface area contributed by atoms with Crippen molar-refractivity contribution in [2.75, 3.05) is 13.2 Å². The van der Waals surface area contributed by atoms with Gasteiger partial charge >= 0.3 is 0 Å². The quantitative estimate of drug-likeness (QED) is 0.656. The van der Waals surface area contributed by atoms with E-state index in [0.717, 1.165) is 44.1 Å². The zero-order chi connectivity index (χ0) is 11.6. The Hall–Kier alpha value is -0.930. The third-order valence-electron chi connectivity index (χ3n) is 2.53. The maximum atomic E-state index is 8.70. The Balaban J connectivity index is 2.37. The number of aliphatic hydroxyl groups is 2. The molecule has 1 radical (unpaired) electrons. The fourth-order valence-electron chi connectivity index (χ4n) is 1.62. The fourth-order valence-corrected chi connectivity index (χ4v) is 1.62. The normalized spacial score (nSPS) is 10.6. The summed E-state index contributed by atoms with van der Waals surface area (Å²) >= 11 is 0. The molecule has 0 fully saturated rings. The Labute approximate surface area is 97.2 Å². The monoisotopic (exact) mass is 222 g/mol. The van der Waals surface area contributed by atoms with E-state index in [1.54, 1.807) is 0 Å². The summed E-state index contributed by atoms with van der Waals surface area (Å²) < 4.78 is 0. The first-order valence-corrected chi connectivity index (χ1v) is 5.94. The predicted octanol–water partition coefficient (Wildman–Crippen LogP) is 1.51. The molecule has 1 aromatic rings. The maximum Gasteiger partial charge on any atom is 0.0921 e. The van der Waals surface area contributed by atoms with Crippen molar-refractivity contribution in [2.24, 2.45) is 0 Å². The summed E-state index contributed by atoms with van der Waals surface area (Å²) in [5.41, 5.74) is 2.33. The highest BCUT2D eigenvalue weighted by Gasteiger charge is 1.98. The van der Waals surface area contributed by atoms with E-state index in [1.165, 1.54) is 5.56 Å². The smallest absolute Gasteiger partial charge is 0.0921 e. The first-order chi connectivity index (χ1) is 7.86. The molecular weight excluding hydrogens is 202 g/mol. The lowest BCUT2D eigenvalue weighted by Crippen LogP contribution is -1.94. The molecule has 1 heterocycles. The molecule has 1 rings (SSSR count). The van der Waals surface area contributed by atoms with Crippen LogP contribution in [-0.4, -0.2) is 28.4 Å². The van der Waals surface area contributed by atoms with Crippen LogP contribution in [0.5, 0.6) is 0 Å². The second-order valence-corrected chi connectivity index (χ2v) is 3.98. The lowest BCUT2D eigenvalue weighted by Gasteiger charge is -2.03. The molecule has 0 amide bonds. The van der Waals surface area contributed by atoms with Gasteiger partial charge in [0.25, 0.3) is 0 Å². The number of aromatic nitrogens is 1. The minimum Gasteiger partial charge on any atom is -0.396 e. The predicted molar refractivity (Wildman–Crippen MR) is 63.1 cm³/mol. The Kier molecular flexibility index (Phi) is 6.77. The minimum absolute atomic E-state index is 0.254. The molecule has 0 aliphatic carbocycles. The number of rotatable bonds is 8. The van der Waals surface area contributed by atoms with E-state index in [4.69, 9.17) is 10.2 Å². The van der Waals surface area contributed by atoms with E-state index < -0.39 is 0 Å². The van der Waals surface area contributed by atoms with Gasteiger partial charge in [-0.2, -0.15) is 0 Å². The summed E-state index contributed by atoms with van der Waals surface area (Å²) in [6, 6.07) is 2.13. The number of aryl methyl sites for hydroxylation is 2. The number of hydrogen-bond acceptors (Lipinski definition) is 3. The van der Waals surface area contributed by atoms with Gasteiger partial charge in [0.2, 0.25) is 0 Å². The highest BCUT2D eigenvalue weighted by Crippen LogP contribution is 2.09. The molecule has 0 saturated carbocycles. The molecule has 0 saturated heterocycles. The van der Waals surface area contributed by atoms with E-state index in [9.17, 15) is 0 Å². The lowest BCUT2D eigenvalue weighted by molar-refractivity contribution is 0.284. The first-order valence-electron chi connectivity index (χ1n) is 5.94. The van der Waals surface area contributed by atoms with Crippen LogP contribution in [0.15, 0.2) is 12.3 Å². The van der Waals surface area contributed by atoms with E-state index >= 15 is 0 Å². The molecule has 1 aromatic heterocycles. The van der Waals surface area contributed by atoms with Gasteiger partial charge in [-0.05, 0) is 49.7 Å². The van der Waals surface area contributed by atoms with Crippen LogP contribution < -0.4 is 0 Å². The average molecular weight is 222 g/mol. The molecule has 0 unspecified atom stereocenters. The topological polar surface area (TPSA) is 53.4 Å². The highest BCUT2D eigenvalue weighted by molar-refractivity contribution is 5.17. The van der Waals surface area contributed by atoms with Crippen molar-refractivity contribution >= 4 is 0 Å². The molecule has 0 aromatic carbocycles. The largest absolute Gasteiger partial charge is 0.396 e. The van der Waals surface area contributed by atoms with Gasteiger partial charge < -0.3 is 10.2 Å². The van der Waals surface area contributed by atoms with Crippen LogP contribution in [0.4, 0.5) is 0 Å². The van der Waals surface area contributed by atoms with Gasteiger partial charge in [-0.1, -0.05) is 6.07 Å². The molecule has 0 atom stereocenters. The number of nitrogens with zero attached hydrogens (tertiary/aromatic N) is 1. The molecular formula is C13H20NO2. The van der Waals surface area contributed by atoms with Crippen LogP contribution >= 0.6 is 0 Å². The summed E-state index contributed by atoms with van der Waals surface area (Å²) in [4.78, 5) is 4.09. The van der Waals surface area contributed by atoms with Gasteiger partial charge in [0.1, 0.15) is 0 Å². The molecule has 3 heteroatoms. The van der Waals surface area contributed by atoms with Crippen molar-refractivity contribution in [3.05, 3.63) is 29.6 Å². The Morgan fingerprint density at radius 1 is 1.00 bits per heavy atom. The van der Waals surface area contributed by atoms with E-state index in [-0.39, 0.29) is 13.2 Å². The summed E-state index contributed by atoms with van der Waals surface area (Å²) in [7, 11) is 0. The van der Waals surface area contributed by atoms with Gasteiger partial charge in [0, 0.05) is 19.4 Å². The van der Waals surface area contributed by atoms with Crippen LogP contribution in [0.2, 0.25) is 0 Å². The van der Waals surface area contributed by atoms with Crippen LogP contribution in [0.25, 0.3) is 0 Å². The zero-order valence-corrected chi connectivity index (χ0v) is 9.65. The minimum atomic E-state index is 0.254. The highest BCUT2D eigenvalue weighted by atomic mass is 16.3. The number of hydrogen-bond donors (Lipinski definition) is 2. The molecule has 3 nitrogen and oxygen atoms in total. The third kappa shape index (κ3) is 5.24. The summed E-state index contributed by atoms with van der Waals surface area (Å²) in [5.74, 6) is 0. The number of pyridine rings is 1. The summed E-state index contributed by atoms with van der Waals surface area (Å²) in [6.07, 6.45) is 10.4. The van der Waals surface area contributed by atoms with Crippen LogP contribution in [0, 0.1) is 6.20 Å². The fraction of sp³-hybridized carbons (Fsp3) is 0.615. The van der Waals surface area contributed by atoms with Gasteiger partial charge in [-0.15, -0.1) is 0 Å². The maximum absolute atomic E-state index is 8.70. The SMILES string of the molecule is OCCCCc1[c]ncc(CCCCO)c1. The second-order valence-electron chi connectivity index (χ2n) is 3.98. The van der Waals surface area contributed by atoms with Crippen molar-refractivity contribution in [3.63, 3.8) is 0 Å². The van der Waals surface area contributed by atoms with Crippen LogP contribution in [-0.2, 0) is 12.8 Å². The van der Waals surface area contributed by atoms with Crippen molar-refractivity contribution < 1.29 is 10.2 Å². The summed E-state index contributed by atoms with van der Waals surface area (Å²) in [6.45, 7) is 0.513.